The maximum atomic E-state index is 13.3. The Labute approximate surface area is 155 Å². The summed E-state index contributed by atoms with van der Waals surface area (Å²) in [6.45, 7) is 4.12. The van der Waals surface area contributed by atoms with Crippen molar-refractivity contribution in [2.24, 2.45) is 0 Å². The molecule has 0 unspecified atom stereocenters. The second-order valence-electron chi connectivity index (χ2n) is 5.72. The summed E-state index contributed by atoms with van der Waals surface area (Å²) in [6.07, 6.45) is 0. The third-order valence-electron chi connectivity index (χ3n) is 4.07. The molecule has 0 aliphatic rings. The number of halogens is 2. The minimum atomic E-state index is -3.65. The van der Waals surface area contributed by atoms with Gasteiger partial charge in [0.2, 0.25) is 10.0 Å². The van der Waals surface area contributed by atoms with Crippen LogP contribution in [0, 0.1) is 11.6 Å². The molecular formula is C17H18F2N4O3S. The highest BCUT2D eigenvalue weighted by Crippen LogP contribution is 2.20. The molecule has 0 saturated carbocycles. The smallest absolute Gasteiger partial charge is 0.243 e. The summed E-state index contributed by atoms with van der Waals surface area (Å²) in [7, 11) is -3.65. The fourth-order valence-corrected chi connectivity index (χ4v) is 4.09. The van der Waals surface area contributed by atoms with Crippen LogP contribution < -0.4 is 4.84 Å². The number of fused-ring (bicyclic) bond motifs is 1. The van der Waals surface area contributed by atoms with Crippen LogP contribution in [0.5, 0.6) is 0 Å². The van der Waals surface area contributed by atoms with Gasteiger partial charge >= 0.3 is 0 Å². The van der Waals surface area contributed by atoms with Crippen molar-refractivity contribution in [3.05, 3.63) is 53.6 Å². The first-order valence-electron chi connectivity index (χ1n) is 8.29. The maximum absolute atomic E-state index is 13.3. The van der Waals surface area contributed by atoms with Crippen LogP contribution in [0.2, 0.25) is 0 Å². The van der Waals surface area contributed by atoms with Gasteiger partial charge in [-0.2, -0.15) is 4.31 Å². The van der Waals surface area contributed by atoms with Gasteiger partial charge in [-0.25, -0.2) is 17.2 Å². The topological polar surface area (TPSA) is 77.3 Å². The monoisotopic (exact) mass is 396 g/mol. The number of sulfonamides is 1. The number of hydrogen-bond acceptors (Lipinski definition) is 5. The van der Waals surface area contributed by atoms with Crippen molar-refractivity contribution < 1.29 is 22.0 Å². The van der Waals surface area contributed by atoms with E-state index in [0.717, 1.165) is 17.0 Å². The maximum Gasteiger partial charge on any atom is 0.243 e. The number of aromatic nitrogens is 3. The van der Waals surface area contributed by atoms with Gasteiger partial charge in [-0.3, -0.25) is 0 Å². The molecule has 3 rings (SSSR count). The first-order chi connectivity index (χ1) is 12.9. The van der Waals surface area contributed by atoms with Gasteiger partial charge in [-0.05, 0) is 41.1 Å². The first-order valence-corrected chi connectivity index (χ1v) is 9.73. The van der Waals surface area contributed by atoms with E-state index in [1.807, 2.05) is 0 Å². The molecule has 10 heteroatoms. The van der Waals surface area contributed by atoms with Crippen LogP contribution in [0.15, 0.2) is 41.3 Å². The molecule has 0 amide bonds. The lowest BCUT2D eigenvalue weighted by Gasteiger charge is -2.18. The van der Waals surface area contributed by atoms with Crippen LogP contribution in [0.4, 0.5) is 8.78 Å². The predicted octanol–water partition coefficient (Wildman–Crippen LogP) is 2.37. The van der Waals surface area contributed by atoms with Crippen LogP contribution in [0.25, 0.3) is 11.0 Å². The molecule has 7 nitrogen and oxygen atoms in total. The minimum Gasteiger partial charge on any atom is -0.390 e. The summed E-state index contributed by atoms with van der Waals surface area (Å²) in [5.74, 6) is -1.93. The van der Waals surface area contributed by atoms with E-state index < -0.39 is 21.7 Å². The van der Waals surface area contributed by atoms with Crippen molar-refractivity contribution >= 4 is 21.1 Å². The zero-order valence-electron chi connectivity index (χ0n) is 14.8. The third-order valence-corrected chi connectivity index (χ3v) is 6.11. The van der Waals surface area contributed by atoms with E-state index in [1.54, 1.807) is 13.8 Å². The summed E-state index contributed by atoms with van der Waals surface area (Å²) in [6, 6.07) is 7.83. The lowest BCUT2D eigenvalue weighted by molar-refractivity contribution is 0.0749. The van der Waals surface area contributed by atoms with Gasteiger partial charge in [-0.15, -0.1) is 5.10 Å². The molecule has 0 bridgehead atoms. The van der Waals surface area contributed by atoms with E-state index >= 15 is 0 Å². The average Bonchev–Trinajstić information content (AvgIpc) is 3.06. The summed E-state index contributed by atoms with van der Waals surface area (Å²) < 4.78 is 53.0. The Hall–Kier alpha value is -2.59. The lowest BCUT2D eigenvalue weighted by Crippen LogP contribution is -2.30. The highest BCUT2D eigenvalue weighted by Gasteiger charge is 2.23. The highest BCUT2D eigenvalue weighted by atomic mass is 32.2. The zero-order chi connectivity index (χ0) is 19.6. The normalized spacial score (nSPS) is 12.0. The highest BCUT2D eigenvalue weighted by molar-refractivity contribution is 7.89. The Morgan fingerprint density at radius 3 is 2.48 bits per heavy atom. The fourth-order valence-electron chi connectivity index (χ4n) is 2.61. The average molecular weight is 396 g/mol. The summed E-state index contributed by atoms with van der Waals surface area (Å²) in [5.41, 5.74) is 1.19. The number of benzene rings is 2. The van der Waals surface area contributed by atoms with Crippen molar-refractivity contribution in [1.29, 1.82) is 0 Å². The van der Waals surface area contributed by atoms with Crippen molar-refractivity contribution in [1.82, 2.24) is 19.5 Å². The molecule has 0 aliphatic heterocycles. The van der Waals surface area contributed by atoms with E-state index in [9.17, 15) is 17.2 Å². The second-order valence-corrected chi connectivity index (χ2v) is 7.66. The van der Waals surface area contributed by atoms with E-state index in [1.165, 1.54) is 28.6 Å². The van der Waals surface area contributed by atoms with Gasteiger partial charge in [0.15, 0.2) is 11.6 Å². The van der Waals surface area contributed by atoms with Crippen LogP contribution in [0.3, 0.4) is 0 Å². The molecule has 0 N–H and O–H groups in total. The van der Waals surface area contributed by atoms with Crippen molar-refractivity contribution in [2.75, 3.05) is 13.1 Å². The van der Waals surface area contributed by atoms with Crippen molar-refractivity contribution in [3.8, 4) is 0 Å². The number of nitrogens with zero attached hydrogens (tertiary/aromatic N) is 4. The van der Waals surface area contributed by atoms with Gasteiger partial charge in [0, 0.05) is 13.1 Å². The van der Waals surface area contributed by atoms with Gasteiger partial charge in [0.1, 0.15) is 17.6 Å². The molecule has 0 radical (unpaired) electrons. The molecule has 0 spiro atoms. The number of rotatable bonds is 7. The van der Waals surface area contributed by atoms with Crippen LogP contribution >= 0.6 is 0 Å². The van der Waals surface area contributed by atoms with Gasteiger partial charge in [-0.1, -0.05) is 24.8 Å². The number of hydrogen-bond donors (Lipinski definition) is 0. The molecule has 144 valence electrons. The van der Waals surface area contributed by atoms with Crippen molar-refractivity contribution in [2.45, 2.75) is 25.3 Å². The van der Waals surface area contributed by atoms with E-state index in [4.69, 9.17) is 4.84 Å². The molecular weight excluding hydrogens is 378 g/mol. The summed E-state index contributed by atoms with van der Waals surface area (Å²) in [4.78, 5) is 6.63. The van der Waals surface area contributed by atoms with Crippen molar-refractivity contribution in [3.63, 3.8) is 0 Å². The Balaban J connectivity index is 1.90. The summed E-state index contributed by atoms with van der Waals surface area (Å²) >= 11 is 0. The Kier molecular flexibility index (Phi) is 5.38. The molecule has 1 aromatic heterocycles. The largest absolute Gasteiger partial charge is 0.390 e. The Morgan fingerprint density at radius 2 is 1.81 bits per heavy atom. The molecule has 0 saturated heterocycles. The molecule has 0 fully saturated rings. The first kappa shape index (κ1) is 19.2. The molecule has 27 heavy (non-hydrogen) atoms. The van der Waals surface area contributed by atoms with E-state index in [0.29, 0.717) is 29.7 Å². The molecule has 3 aromatic rings. The standard InChI is InChI=1S/C17H18F2N4O3S/c1-3-22(4-2)27(24,25)13-6-8-16-17(10-13)23(21-20-16)26-11-12-5-7-14(18)15(19)9-12/h5-10H,3-4,11H2,1-2H3. The fraction of sp³-hybridized carbons (Fsp3) is 0.294. The zero-order valence-corrected chi connectivity index (χ0v) is 15.6. The van der Waals surface area contributed by atoms with Gasteiger partial charge < -0.3 is 4.84 Å². The van der Waals surface area contributed by atoms with Gasteiger partial charge in [0.05, 0.1) is 4.90 Å². The lowest BCUT2D eigenvalue weighted by atomic mass is 10.2. The summed E-state index contributed by atoms with van der Waals surface area (Å²) in [5, 5.41) is 7.74. The second kappa shape index (κ2) is 7.57. The SMILES string of the molecule is CCN(CC)S(=O)(=O)c1ccc2nnn(OCc3ccc(F)c(F)c3)c2c1. The molecule has 2 aromatic carbocycles. The van der Waals surface area contributed by atoms with Gasteiger partial charge in [0.25, 0.3) is 0 Å². The van der Waals surface area contributed by atoms with E-state index in [2.05, 4.69) is 10.3 Å². The predicted molar refractivity (Wildman–Crippen MR) is 94.3 cm³/mol. The quantitative estimate of drug-likeness (QED) is 0.613. The Morgan fingerprint density at radius 1 is 1.07 bits per heavy atom. The molecule has 0 atom stereocenters. The minimum absolute atomic E-state index is 0.0946. The van der Waals surface area contributed by atoms with Crippen LogP contribution in [-0.2, 0) is 16.6 Å². The van der Waals surface area contributed by atoms with Crippen LogP contribution in [0.1, 0.15) is 19.4 Å². The Bertz CT molecular complexity index is 1070. The third kappa shape index (κ3) is 3.76. The molecule has 0 aliphatic carbocycles. The van der Waals surface area contributed by atoms with E-state index in [-0.39, 0.29) is 11.5 Å². The van der Waals surface area contributed by atoms with Crippen LogP contribution in [-0.4, -0.2) is 41.0 Å². The molecule has 1 heterocycles.